The molecular weight excluding hydrogens is 204 g/mol. The van der Waals surface area contributed by atoms with Crippen LogP contribution in [-0.2, 0) is 8.85 Å². The SMILES string of the molecule is CCCCC(C)[SiH](OCCC)OCCC. The Kier molecular flexibility index (Phi) is 10.7. The van der Waals surface area contributed by atoms with Crippen molar-refractivity contribution in [1.82, 2.24) is 0 Å². The van der Waals surface area contributed by atoms with Gasteiger partial charge in [-0.3, -0.25) is 0 Å². The maximum Gasteiger partial charge on any atom is 0.324 e. The van der Waals surface area contributed by atoms with Crippen molar-refractivity contribution in [3.8, 4) is 0 Å². The molecule has 0 bridgehead atoms. The van der Waals surface area contributed by atoms with E-state index in [2.05, 4.69) is 27.7 Å². The van der Waals surface area contributed by atoms with Gasteiger partial charge >= 0.3 is 9.28 Å². The molecule has 92 valence electrons. The molecule has 1 atom stereocenters. The number of rotatable bonds is 10. The van der Waals surface area contributed by atoms with Gasteiger partial charge in [-0.15, -0.1) is 0 Å². The van der Waals surface area contributed by atoms with Crippen molar-refractivity contribution in [2.75, 3.05) is 13.2 Å². The zero-order valence-corrected chi connectivity index (χ0v) is 12.1. The van der Waals surface area contributed by atoms with Crippen LogP contribution in [0.1, 0.15) is 59.8 Å². The molecule has 3 heteroatoms. The maximum atomic E-state index is 5.87. The van der Waals surface area contributed by atoms with Gasteiger partial charge in [-0.05, 0) is 24.8 Å². The summed E-state index contributed by atoms with van der Waals surface area (Å²) in [5.74, 6) is 0. The third-order valence-electron chi connectivity index (χ3n) is 2.45. The first kappa shape index (κ1) is 15.1. The summed E-state index contributed by atoms with van der Waals surface area (Å²) in [4.78, 5) is 0. The van der Waals surface area contributed by atoms with Crippen LogP contribution in [0.5, 0.6) is 0 Å². The lowest BCUT2D eigenvalue weighted by Gasteiger charge is -2.22. The summed E-state index contributed by atoms with van der Waals surface area (Å²) in [6, 6.07) is 0. The van der Waals surface area contributed by atoms with Crippen LogP contribution in [0.2, 0.25) is 5.54 Å². The van der Waals surface area contributed by atoms with E-state index in [4.69, 9.17) is 8.85 Å². The largest absolute Gasteiger partial charge is 0.396 e. The van der Waals surface area contributed by atoms with Crippen LogP contribution in [0, 0.1) is 0 Å². The second-order valence-corrected chi connectivity index (χ2v) is 6.77. The fraction of sp³-hybridized carbons (Fsp3) is 1.00. The van der Waals surface area contributed by atoms with Crippen molar-refractivity contribution < 1.29 is 8.85 Å². The molecule has 0 rings (SSSR count). The predicted molar refractivity (Wildman–Crippen MR) is 68.6 cm³/mol. The Balaban J connectivity index is 3.84. The van der Waals surface area contributed by atoms with Gasteiger partial charge in [0.25, 0.3) is 0 Å². The van der Waals surface area contributed by atoms with Crippen LogP contribution in [0.15, 0.2) is 0 Å². The van der Waals surface area contributed by atoms with Crippen LogP contribution >= 0.6 is 0 Å². The number of hydrogen-bond acceptors (Lipinski definition) is 2. The van der Waals surface area contributed by atoms with Gasteiger partial charge < -0.3 is 8.85 Å². The quantitative estimate of drug-likeness (QED) is 0.535. The molecule has 0 amide bonds. The van der Waals surface area contributed by atoms with Crippen molar-refractivity contribution >= 4 is 9.28 Å². The van der Waals surface area contributed by atoms with E-state index >= 15 is 0 Å². The Morgan fingerprint density at radius 1 is 0.933 bits per heavy atom. The first-order chi connectivity index (χ1) is 7.26. The smallest absolute Gasteiger partial charge is 0.324 e. The molecule has 0 aliphatic heterocycles. The highest BCUT2D eigenvalue weighted by atomic mass is 28.3. The molecule has 0 aliphatic carbocycles. The fourth-order valence-corrected chi connectivity index (χ4v) is 3.70. The van der Waals surface area contributed by atoms with Crippen LogP contribution in [0.3, 0.4) is 0 Å². The first-order valence-corrected chi connectivity index (χ1v) is 8.10. The van der Waals surface area contributed by atoms with Gasteiger partial charge in [-0.1, -0.05) is 40.5 Å². The standard InChI is InChI=1S/C12H28O2Si/c1-5-8-9-12(4)15(13-10-6-2)14-11-7-3/h12,15H,5-11H2,1-4H3. The minimum Gasteiger partial charge on any atom is -0.396 e. The molecule has 0 aromatic rings. The Morgan fingerprint density at radius 2 is 1.47 bits per heavy atom. The highest BCUT2D eigenvalue weighted by Crippen LogP contribution is 2.19. The van der Waals surface area contributed by atoms with Crippen LogP contribution in [0.25, 0.3) is 0 Å². The second-order valence-electron chi connectivity index (χ2n) is 4.23. The molecule has 0 saturated carbocycles. The average Bonchev–Trinajstić information content (AvgIpc) is 2.26. The minimum atomic E-state index is -1.39. The first-order valence-electron chi connectivity index (χ1n) is 6.49. The molecule has 0 radical (unpaired) electrons. The van der Waals surface area contributed by atoms with Crippen LogP contribution in [0.4, 0.5) is 0 Å². The van der Waals surface area contributed by atoms with Gasteiger partial charge in [0.05, 0.1) is 0 Å². The van der Waals surface area contributed by atoms with Gasteiger partial charge in [0.1, 0.15) is 0 Å². The third-order valence-corrected chi connectivity index (χ3v) is 4.84. The lowest BCUT2D eigenvalue weighted by molar-refractivity contribution is 0.187. The van der Waals surface area contributed by atoms with E-state index in [1.165, 1.54) is 19.3 Å². The normalized spacial score (nSPS) is 13.4. The monoisotopic (exact) mass is 232 g/mol. The van der Waals surface area contributed by atoms with Gasteiger partial charge in [0, 0.05) is 13.2 Å². The van der Waals surface area contributed by atoms with Gasteiger partial charge in [0.2, 0.25) is 0 Å². The van der Waals surface area contributed by atoms with Crippen LogP contribution < -0.4 is 0 Å². The molecule has 0 aliphatic rings. The molecule has 0 spiro atoms. The van der Waals surface area contributed by atoms with E-state index in [-0.39, 0.29) is 0 Å². The van der Waals surface area contributed by atoms with Crippen molar-refractivity contribution in [2.24, 2.45) is 0 Å². The minimum absolute atomic E-state index is 0.656. The van der Waals surface area contributed by atoms with Crippen molar-refractivity contribution in [1.29, 1.82) is 0 Å². The summed E-state index contributed by atoms with van der Waals surface area (Å²) in [6.07, 6.45) is 6.03. The summed E-state index contributed by atoms with van der Waals surface area (Å²) < 4.78 is 11.7. The molecular formula is C12H28O2Si. The number of hydrogen-bond donors (Lipinski definition) is 0. The van der Waals surface area contributed by atoms with Crippen LogP contribution in [-0.4, -0.2) is 22.5 Å². The van der Waals surface area contributed by atoms with E-state index in [0.29, 0.717) is 5.54 Å². The molecule has 0 aromatic carbocycles. The Labute approximate surface area is 97.2 Å². The Morgan fingerprint density at radius 3 is 1.87 bits per heavy atom. The summed E-state index contributed by atoms with van der Waals surface area (Å²) in [7, 11) is -1.39. The highest BCUT2D eigenvalue weighted by Gasteiger charge is 2.21. The predicted octanol–water partition coefficient (Wildman–Crippen LogP) is 3.64. The zero-order valence-electron chi connectivity index (χ0n) is 10.9. The molecule has 0 saturated heterocycles. The highest BCUT2D eigenvalue weighted by molar-refractivity contribution is 6.46. The van der Waals surface area contributed by atoms with Gasteiger partial charge in [0.15, 0.2) is 0 Å². The lowest BCUT2D eigenvalue weighted by Crippen LogP contribution is -2.28. The van der Waals surface area contributed by atoms with Gasteiger partial charge in [-0.2, -0.15) is 0 Å². The molecule has 0 N–H and O–H groups in total. The summed E-state index contributed by atoms with van der Waals surface area (Å²) in [5, 5.41) is 0. The second kappa shape index (κ2) is 10.6. The molecule has 15 heavy (non-hydrogen) atoms. The molecule has 0 fully saturated rings. The average molecular weight is 232 g/mol. The van der Waals surface area contributed by atoms with E-state index < -0.39 is 9.28 Å². The molecule has 0 heterocycles. The van der Waals surface area contributed by atoms with Crippen molar-refractivity contribution in [3.05, 3.63) is 0 Å². The third kappa shape index (κ3) is 8.00. The number of unbranched alkanes of at least 4 members (excludes halogenated alkanes) is 1. The topological polar surface area (TPSA) is 18.5 Å². The van der Waals surface area contributed by atoms with E-state index in [0.717, 1.165) is 26.1 Å². The van der Waals surface area contributed by atoms with E-state index in [1.807, 2.05) is 0 Å². The lowest BCUT2D eigenvalue weighted by atomic mass is 10.2. The zero-order chi connectivity index (χ0) is 11.5. The molecule has 0 aromatic heterocycles. The van der Waals surface area contributed by atoms with Gasteiger partial charge in [-0.25, -0.2) is 0 Å². The summed E-state index contributed by atoms with van der Waals surface area (Å²) in [5.41, 5.74) is 0.656. The summed E-state index contributed by atoms with van der Waals surface area (Å²) >= 11 is 0. The molecule has 2 nitrogen and oxygen atoms in total. The van der Waals surface area contributed by atoms with E-state index in [9.17, 15) is 0 Å². The summed E-state index contributed by atoms with van der Waals surface area (Å²) in [6.45, 7) is 10.6. The fourth-order valence-electron chi connectivity index (χ4n) is 1.51. The molecule has 1 unspecified atom stereocenters. The Bertz CT molecular complexity index is 123. The Hall–Kier alpha value is 0.137. The van der Waals surface area contributed by atoms with Crippen molar-refractivity contribution in [3.63, 3.8) is 0 Å². The van der Waals surface area contributed by atoms with E-state index in [1.54, 1.807) is 0 Å². The maximum absolute atomic E-state index is 5.87. The van der Waals surface area contributed by atoms with Crippen molar-refractivity contribution in [2.45, 2.75) is 65.3 Å².